The molecule has 1 aliphatic rings. The van der Waals surface area contributed by atoms with Gasteiger partial charge in [0.05, 0.1) is 50.1 Å². The van der Waals surface area contributed by atoms with Crippen LogP contribution in [0.5, 0.6) is 5.75 Å². The minimum atomic E-state index is -0.312. The summed E-state index contributed by atoms with van der Waals surface area (Å²) in [6.45, 7) is 20.2. The summed E-state index contributed by atoms with van der Waals surface area (Å²) in [7, 11) is 0. The van der Waals surface area contributed by atoms with Crippen LogP contribution >= 0.6 is 23.1 Å². The van der Waals surface area contributed by atoms with Crippen molar-refractivity contribution < 1.29 is 23.7 Å². The minimum absolute atomic E-state index is 0.0370. The maximum atomic E-state index is 6.39. The molecule has 1 aliphatic heterocycles. The van der Waals surface area contributed by atoms with Crippen molar-refractivity contribution in [2.75, 3.05) is 39.6 Å². The van der Waals surface area contributed by atoms with Gasteiger partial charge in [0.25, 0.3) is 0 Å². The Morgan fingerprint density at radius 3 is 2.03 bits per heavy atom. The van der Waals surface area contributed by atoms with Gasteiger partial charge in [0.1, 0.15) is 24.1 Å². The van der Waals surface area contributed by atoms with E-state index < -0.39 is 0 Å². The van der Waals surface area contributed by atoms with Gasteiger partial charge in [0.15, 0.2) is 0 Å². The summed E-state index contributed by atoms with van der Waals surface area (Å²) in [5, 5.41) is 0.0831. The first-order valence-electron chi connectivity index (χ1n) is 13.0. The average molecular weight is 557 g/mol. The minimum Gasteiger partial charge on any atom is -0.494 e. The highest BCUT2D eigenvalue weighted by atomic mass is 32.2. The smallest absolute Gasteiger partial charge is 0.119 e. The van der Waals surface area contributed by atoms with Crippen LogP contribution in [0.4, 0.5) is 0 Å². The highest BCUT2D eigenvalue weighted by Crippen LogP contribution is 2.48. The Labute approximate surface area is 236 Å². The molecule has 0 amide bonds. The lowest BCUT2D eigenvalue weighted by Gasteiger charge is -2.45. The molecule has 0 radical (unpaired) electrons. The molecule has 2 heterocycles. The monoisotopic (exact) mass is 556 g/mol. The van der Waals surface area contributed by atoms with Crippen LogP contribution in [0.3, 0.4) is 0 Å². The van der Waals surface area contributed by atoms with E-state index in [4.69, 9.17) is 23.7 Å². The molecule has 1 saturated heterocycles. The number of hydrogen-bond acceptors (Lipinski definition) is 7. The van der Waals surface area contributed by atoms with Gasteiger partial charge in [-0.15, -0.1) is 49.4 Å². The van der Waals surface area contributed by atoms with E-state index in [0.717, 1.165) is 12.2 Å². The third kappa shape index (κ3) is 8.70. The molecule has 0 unspecified atom stereocenters. The van der Waals surface area contributed by atoms with E-state index in [9.17, 15) is 0 Å². The largest absolute Gasteiger partial charge is 0.494 e. The van der Waals surface area contributed by atoms with Crippen LogP contribution in [-0.4, -0.2) is 63.2 Å². The zero-order chi connectivity index (χ0) is 27.2. The summed E-state index contributed by atoms with van der Waals surface area (Å²) in [5.41, 5.74) is 1.25. The van der Waals surface area contributed by atoms with Crippen molar-refractivity contribution in [2.45, 2.75) is 42.2 Å². The predicted molar refractivity (Wildman–Crippen MR) is 160 cm³/mol. The quantitative estimate of drug-likeness (QED) is 0.148. The number of rotatable bonds is 18. The average Bonchev–Trinajstić information content (AvgIpc) is 3.39. The van der Waals surface area contributed by atoms with Crippen molar-refractivity contribution in [3.63, 3.8) is 0 Å². The number of ether oxygens (including phenoxy) is 5. The molecule has 5 atom stereocenters. The van der Waals surface area contributed by atoms with Crippen molar-refractivity contribution in [3.8, 4) is 5.75 Å². The molecule has 206 valence electrons. The van der Waals surface area contributed by atoms with E-state index in [1.165, 1.54) is 15.3 Å². The Morgan fingerprint density at radius 1 is 0.763 bits per heavy atom. The second-order valence-corrected chi connectivity index (χ2v) is 11.3. The lowest BCUT2D eigenvalue weighted by atomic mass is 9.99. The maximum absolute atomic E-state index is 6.39. The van der Waals surface area contributed by atoms with E-state index in [-0.39, 0.29) is 28.8 Å². The van der Waals surface area contributed by atoms with E-state index in [1.54, 1.807) is 24.3 Å². The van der Waals surface area contributed by atoms with Gasteiger partial charge in [-0.05, 0) is 36.8 Å². The van der Waals surface area contributed by atoms with Gasteiger partial charge in [0.2, 0.25) is 0 Å². The highest BCUT2D eigenvalue weighted by molar-refractivity contribution is 8.00. The Kier molecular flexibility index (Phi) is 13.4. The van der Waals surface area contributed by atoms with Crippen molar-refractivity contribution in [1.29, 1.82) is 0 Å². The molecular formula is C31H40O5S2. The van der Waals surface area contributed by atoms with Gasteiger partial charge in [-0.25, -0.2) is 0 Å². The summed E-state index contributed by atoms with van der Waals surface area (Å²) in [4.78, 5) is 2.54. The van der Waals surface area contributed by atoms with Crippen molar-refractivity contribution in [3.05, 3.63) is 102 Å². The van der Waals surface area contributed by atoms with Gasteiger partial charge in [-0.2, -0.15) is 0 Å². The first-order chi connectivity index (χ1) is 18.6. The summed E-state index contributed by atoms with van der Waals surface area (Å²) < 4.78 is 30.5. The fourth-order valence-corrected chi connectivity index (χ4v) is 7.29. The first-order valence-corrected chi connectivity index (χ1v) is 14.7. The second-order valence-electron chi connectivity index (χ2n) is 8.74. The van der Waals surface area contributed by atoms with Crippen molar-refractivity contribution in [1.82, 2.24) is 0 Å². The summed E-state index contributed by atoms with van der Waals surface area (Å²) in [6.07, 6.45) is 7.13. The zero-order valence-electron chi connectivity index (χ0n) is 22.3. The van der Waals surface area contributed by atoms with Crippen LogP contribution < -0.4 is 4.74 Å². The third-order valence-electron chi connectivity index (χ3n) is 5.95. The fourth-order valence-electron chi connectivity index (χ4n) is 4.37. The molecule has 0 saturated carbocycles. The number of hydrogen-bond donors (Lipinski definition) is 0. The predicted octanol–water partition coefficient (Wildman–Crippen LogP) is 6.81. The van der Waals surface area contributed by atoms with Gasteiger partial charge in [-0.3, -0.25) is 0 Å². The molecule has 0 bridgehead atoms. The van der Waals surface area contributed by atoms with Gasteiger partial charge in [0, 0.05) is 16.2 Å². The number of thiophene rings is 1. The molecule has 2 aromatic rings. The van der Waals surface area contributed by atoms with Crippen molar-refractivity contribution >= 4 is 23.1 Å². The summed E-state index contributed by atoms with van der Waals surface area (Å²) in [6, 6.07) is 12.7. The molecule has 1 fully saturated rings. The Morgan fingerprint density at radius 2 is 1.39 bits per heavy atom. The topological polar surface area (TPSA) is 46.2 Å². The summed E-state index contributed by atoms with van der Waals surface area (Å²) >= 11 is 3.64. The highest BCUT2D eigenvalue weighted by Gasteiger charge is 2.48. The first kappa shape index (κ1) is 30.4. The Balaban J connectivity index is 1.88. The second kappa shape index (κ2) is 16.7. The van der Waals surface area contributed by atoms with E-state index >= 15 is 0 Å². The van der Waals surface area contributed by atoms with E-state index in [0.29, 0.717) is 39.6 Å². The van der Waals surface area contributed by atoms with Crippen LogP contribution in [0.1, 0.15) is 27.5 Å². The van der Waals surface area contributed by atoms with Crippen LogP contribution in [0.25, 0.3) is 0 Å². The molecule has 1 aromatic heterocycles. The van der Waals surface area contributed by atoms with E-state index in [1.807, 2.05) is 42.2 Å². The van der Waals surface area contributed by atoms with Gasteiger partial charge in [-0.1, -0.05) is 36.4 Å². The van der Waals surface area contributed by atoms with Gasteiger partial charge >= 0.3 is 0 Å². The normalized spacial score (nSPS) is 23.0. The molecule has 38 heavy (non-hydrogen) atoms. The molecule has 7 heteroatoms. The molecular weight excluding hydrogens is 516 g/mol. The van der Waals surface area contributed by atoms with Crippen LogP contribution in [0.2, 0.25) is 0 Å². The molecule has 0 spiro atoms. The van der Waals surface area contributed by atoms with Crippen LogP contribution in [0, 0.1) is 0 Å². The molecule has 0 aliphatic carbocycles. The fraction of sp³-hybridized carbons (Fsp3) is 0.419. The van der Waals surface area contributed by atoms with E-state index in [2.05, 4.69) is 50.6 Å². The van der Waals surface area contributed by atoms with Gasteiger partial charge < -0.3 is 23.7 Å². The lowest BCUT2D eigenvalue weighted by Crippen LogP contribution is -2.55. The zero-order valence-corrected chi connectivity index (χ0v) is 23.9. The standard InChI is InChI=1S/C31H40O5S2/c1-6-17-32-22-27-28(34-18-7-2)29(35-19-8-3)30(36-20-9-4)31(38-27)26-16-15-25(37-26)21-23-11-13-24(14-12-23)33-10-5/h6-9,11-16,27-31H,1-4,10,17-22H2,5H3/t27-,28-,29+,30-,31+/m1/s1. The molecule has 1 aromatic carbocycles. The molecule has 0 N–H and O–H groups in total. The number of thioether (sulfide) groups is 1. The van der Waals surface area contributed by atoms with Crippen LogP contribution in [0.15, 0.2) is 87.0 Å². The lowest BCUT2D eigenvalue weighted by molar-refractivity contribution is -0.136. The Hall–Kier alpha value is -2.13. The molecule has 5 nitrogen and oxygen atoms in total. The maximum Gasteiger partial charge on any atom is 0.119 e. The summed E-state index contributed by atoms with van der Waals surface area (Å²) in [5.74, 6) is 0.896. The van der Waals surface area contributed by atoms with Crippen molar-refractivity contribution in [2.24, 2.45) is 0 Å². The van der Waals surface area contributed by atoms with Crippen LogP contribution in [-0.2, 0) is 25.4 Å². The molecule has 3 rings (SSSR count). The third-order valence-corrected chi connectivity index (χ3v) is 8.83. The Bertz CT molecular complexity index is 1000. The number of benzene rings is 1. The SMILES string of the molecule is C=CCOC[C@H]1S[C@@H](c2ccc(Cc3ccc(OCC)cc3)s2)[C@H](OCC=C)[C@@H](OCC=C)[C@@H]1OCC=C.